The molecule has 0 aliphatic heterocycles. The van der Waals surface area contributed by atoms with Crippen LogP contribution in [0.25, 0.3) is 0 Å². The number of phosphoric ester groups is 4. The van der Waals surface area contributed by atoms with E-state index in [1.54, 1.807) is 0 Å². The van der Waals surface area contributed by atoms with Crippen molar-refractivity contribution in [1.82, 2.24) is 0 Å². The summed E-state index contributed by atoms with van der Waals surface area (Å²) in [7, 11) is -22.4. The monoisotopic (exact) mass is 998 g/mol. The summed E-state index contributed by atoms with van der Waals surface area (Å²) >= 11 is -5.62. The molecule has 0 radical (unpaired) electrons. The van der Waals surface area contributed by atoms with Crippen LogP contribution in [0.4, 0.5) is 0 Å². The molecule has 0 bridgehead atoms. The standard InChI is InChI=1S/C34H71O17P4.H2O.O.Zr/c1-5-9-13-17-21-25-29-44-52(38,39)50-54(42,46-31-27-23-19-15-11-7-3)48-34(37,33(35)36)49-55(43,47-32-28-24-20-16-12-8-4)51-53(40,41)45-30-26-22-18-14-10-6-2;;;/h5-32H2,1-4H3,(H,35,36)(H,38,39)(H,40,41);1H2;;/q-1;;;+2/p-1. The number of carbonyl (C=O) groups is 1. The molecule has 4 unspecified atom stereocenters. The number of aliphatic carboxylic acids is 1. The van der Waals surface area contributed by atoms with Crippen LogP contribution in [0.15, 0.2) is 0 Å². The van der Waals surface area contributed by atoms with Gasteiger partial charge in [-0.3, -0.25) is 0 Å². The molecule has 0 aliphatic carbocycles. The van der Waals surface area contributed by atoms with Crippen molar-refractivity contribution < 1.29 is 105 Å². The van der Waals surface area contributed by atoms with Crippen molar-refractivity contribution in [3.63, 3.8) is 0 Å². The zero-order valence-corrected chi connectivity index (χ0v) is 41.0. The SMILES string of the molecule is CCCCCCCCOP(=O)(O)OP(=O)(OCCCCCCCC)OC([O][Zr](=[O])[OH])(OP(=O)(OCCCCCCCC)OP(=O)(O)OCCCCCCCC)C(=O)O. The molecule has 0 spiro atoms. The molecule has 19 nitrogen and oxygen atoms in total. The van der Waals surface area contributed by atoms with Gasteiger partial charge in [0.25, 0.3) is 0 Å². The van der Waals surface area contributed by atoms with Gasteiger partial charge in [-0.2, -0.15) is 0 Å². The van der Waals surface area contributed by atoms with Gasteiger partial charge in [-0.15, -0.1) is 0 Å². The molecule has 0 aromatic heterocycles. The van der Waals surface area contributed by atoms with E-state index in [4.69, 9.17) is 35.8 Å². The Bertz CT molecular complexity index is 1210. The molecule has 0 heterocycles. The molecule has 0 fully saturated rings. The summed E-state index contributed by atoms with van der Waals surface area (Å²) in [6.07, 6.45) is 17.6. The first kappa shape index (κ1) is 58.6. The predicted molar refractivity (Wildman–Crippen MR) is 211 cm³/mol. The first-order chi connectivity index (χ1) is 27.4. The summed E-state index contributed by atoms with van der Waals surface area (Å²) in [6.45, 7) is 6.35. The van der Waals surface area contributed by atoms with E-state index in [0.717, 1.165) is 103 Å². The van der Waals surface area contributed by atoms with Crippen LogP contribution in [0, 0.1) is 0 Å². The zero-order chi connectivity index (χ0) is 43.8. The quantitative estimate of drug-likeness (QED) is 0.0251. The number of phosphoric acid groups is 4. The first-order valence-corrected chi connectivity index (χ1v) is 29.9. The van der Waals surface area contributed by atoms with E-state index in [0.29, 0.717) is 38.5 Å². The molecule has 0 aromatic carbocycles. The predicted octanol–water partition coefficient (Wildman–Crippen LogP) is 11.5. The molecule has 58 heavy (non-hydrogen) atoms. The Morgan fingerprint density at radius 2 is 0.741 bits per heavy atom. The molecule has 0 aromatic rings. The Hall–Kier alpha value is 0.593. The molecule has 0 aliphatic rings. The van der Waals surface area contributed by atoms with Gasteiger partial charge in [-0.25, -0.2) is 0 Å². The van der Waals surface area contributed by atoms with Gasteiger partial charge < -0.3 is 0 Å². The van der Waals surface area contributed by atoms with E-state index >= 15 is 0 Å². The van der Waals surface area contributed by atoms with Crippen molar-refractivity contribution in [3.05, 3.63) is 0 Å². The van der Waals surface area contributed by atoms with E-state index in [9.17, 15) is 43.9 Å². The van der Waals surface area contributed by atoms with Gasteiger partial charge in [0.15, 0.2) is 0 Å². The minimum absolute atomic E-state index is 0.158. The Morgan fingerprint density at radius 1 is 0.483 bits per heavy atom. The second-order valence-corrected chi connectivity index (χ2v) is 22.0. The van der Waals surface area contributed by atoms with Crippen LogP contribution in [-0.2, 0) is 87.1 Å². The van der Waals surface area contributed by atoms with E-state index in [-0.39, 0.29) is 26.1 Å². The van der Waals surface area contributed by atoms with Gasteiger partial charge in [0, 0.05) is 0 Å². The molecule has 346 valence electrons. The average Bonchev–Trinajstić information content (AvgIpc) is 3.12. The third-order valence-electron chi connectivity index (χ3n) is 8.35. The van der Waals surface area contributed by atoms with Gasteiger partial charge >= 0.3 is 303 Å². The van der Waals surface area contributed by atoms with Crippen molar-refractivity contribution in [2.24, 2.45) is 0 Å². The van der Waals surface area contributed by atoms with Crippen molar-refractivity contribution in [3.8, 4) is 0 Å². The van der Waals surface area contributed by atoms with Crippen LogP contribution in [0.5, 0.6) is 0 Å². The van der Waals surface area contributed by atoms with Gasteiger partial charge in [0.05, 0.1) is 0 Å². The Morgan fingerprint density at radius 3 is 1.00 bits per heavy atom. The van der Waals surface area contributed by atoms with Crippen LogP contribution < -0.4 is 0 Å². The molecular formula is C34H72O19P4Zr. The molecule has 0 amide bonds. The van der Waals surface area contributed by atoms with E-state index in [2.05, 4.69) is 2.81 Å². The van der Waals surface area contributed by atoms with Gasteiger partial charge in [0.1, 0.15) is 0 Å². The number of carboxylic acid groups (broad SMARTS) is 1. The van der Waals surface area contributed by atoms with Gasteiger partial charge in [-0.1, -0.05) is 53.4 Å². The summed E-state index contributed by atoms with van der Waals surface area (Å²) in [5, 5.41) is 10.3. The van der Waals surface area contributed by atoms with Crippen molar-refractivity contribution in [1.29, 1.82) is 0 Å². The van der Waals surface area contributed by atoms with E-state index in [1.165, 1.54) is 0 Å². The summed E-state index contributed by atoms with van der Waals surface area (Å²) in [5.41, 5.74) is 0. The number of hydrogen-bond acceptors (Lipinski definition) is 15. The third-order valence-corrected chi connectivity index (χ3v) is 15.6. The summed E-state index contributed by atoms with van der Waals surface area (Å²) in [6, 6.07) is 0. The summed E-state index contributed by atoms with van der Waals surface area (Å²) in [4.78, 5) is 33.9. The molecule has 24 heteroatoms. The van der Waals surface area contributed by atoms with Gasteiger partial charge in [0.2, 0.25) is 0 Å². The fraction of sp³-hybridized carbons (Fsp3) is 0.971. The summed E-state index contributed by atoms with van der Waals surface area (Å²) in [5.74, 6) is -6.83. The average molecular weight is 1000 g/mol. The van der Waals surface area contributed by atoms with Gasteiger partial charge in [-0.05, 0) is 0 Å². The fourth-order valence-corrected chi connectivity index (χ4v) is 12.1. The number of rotatable bonds is 43. The second kappa shape index (κ2) is 34.1. The second-order valence-electron chi connectivity index (χ2n) is 13.8. The Labute approximate surface area is 355 Å². The third kappa shape index (κ3) is 30.6. The number of unbranched alkanes of at least 4 members (excludes halogenated alkanes) is 20. The van der Waals surface area contributed by atoms with Crippen LogP contribution in [-0.4, -0.2) is 56.4 Å². The van der Waals surface area contributed by atoms with Crippen molar-refractivity contribution >= 4 is 37.3 Å². The maximum absolute atomic E-state index is 14.1. The normalized spacial score (nSPS) is 17.2. The van der Waals surface area contributed by atoms with E-state index < -0.39 is 79.1 Å². The summed E-state index contributed by atoms with van der Waals surface area (Å²) < 4.78 is 121. The van der Waals surface area contributed by atoms with E-state index in [1.807, 2.05) is 27.7 Å². The van der Waals surface area contributed by atoms with Crippen molar-refractivity contribution in [2.75, 3.05) is 26.4 Å². The maximum atomic E-state index is 14.1. The van der Waals surface area contributed by atoms with Crippen LogP contribution in [0.2, 0.25) is 0 Å². The first-order valence-electron chi connectivity index (χ1n) is 20.9. The molecule has 4 atom stereocenters. The molecule has 0 rings (SSSR count). The Balaban J connectivity index is 6.59. The van der Waals surface area contributed by atoms with Crippen molar-refractivity contribution in [2.45, 2.75) is 188 Å². The fourth-order valence-electron chi connectivity index (χ4n) is 5.26. The molecule has 0 saturated heterocycles. The zero-order valence-electron chi connectivity index (χ0n) is 35.0. The van der Waals surface area contributed by atoms with Crippen LogP contribution in [0.1, 0.15) is 182 Å². The number of hydrogen-bond donors (Lipinski definition) is 4. The van der Waals surface area contributed by atoms with Crippen LogP contribution >= 0.6 is 31.3 Å². The Kier molecular flexibility index (Phi) is 34.4. The van der Waals surface area contributed by atoms with Crippen LogP contribution in [0.3, 0.4) is 0 Å². The molecule has 4 N–H and O–H groups in total. The molecular weight excluding hydrogens is 927 g/mol. The molecule has 0 saturated carbocycles. The minimum atomic E-state index is -5.81. The topological polar surface area (TPSA) is 266 Å². The number of carboxylic acids is 1.